The first kappa shape index (κ1) is 19.6. The number of piperidine rings is 1. The molecule has 1 aromatic carbocycles. The largest absolute Gasteiger partial charge is 0.467 e. The Hall–Kier alpha value is -3.16. The second-order valence-electron chi connectivity index (χ2n) is 6.69. The topological polar surface area (TPSA) is 91.7 Å². The van der Waals surface area contributed by atoms with Crippen LogP contribution in [-0.2, 0) is 16.1 Å². The lowest BCUT2D eigenvalue weighted by Crippen LogP contribution is -2.44. The molecule has 1 saturated heterocycles. The number of nitrogens with zero attached hydrogens (tertiary/aromatic N) is 1. The Bertz CT molecular complexity index is 830. The van der Waals surface area contributed by atoms with Gasteiger partial charge in [-0.2, -0.15) is 0 Å². The second-order valence-corrected chi connectivity index (χ2v) is 6.69. The lowest BCUT2D eigenvalue weighted by Gasteiger charge is -2.32. The van der Waals surface area contributed by atoms with Gasteiger partial charge in [-0.05, 0) is 43.0 Å². The predicted molar refractivity (Wildman–Crippen MR) is 98.6 cm³/mol. The molecule has 1 aromatic heterocycles. The fraction of sp³-hybridized carbons (Fsp3) is 0.350. The van der Waals surface area contributed by atoms with Gasteiger partial charge in [-0.15, -0.1) is 0 Å². The van der Waals surface area contributed by atoms with Crippen LogP contribution >= 0.6 is 0 Å². The Morgan fingerprint density at radius 1 is 1.04 bits per heavy atom. The van der Waals surface area contributed by atoms with Crippen LogP contribution in [0.2, 0.25) is 0 Å². The number of carbonyl (C=O) groups is 3. The van der Waals surface area contributed by atoms with Crippen LogP contribution in [0.15, 0.2) is 47.1 Å². The van der Waals surface area contributed by atoms with Gasteiger partial charge in [-0.25, -0.2) is 4.39 Å². The molecule has 1 aliphatic rings. The van der Waals surface area contributed by atoms with E-state index >= 15 is 0 Å². The van der Waals surface area contributed by atoms with Crippen molar-refractivity contribution in [3.05, 3.63) is 59.8 Å². The Labute approximate surface area is 161 Å². The zero-order valence-corrected chi connectivity index (χ0v) is 15.3. The SMILES string of the molecule is O=C(NCc1ccco1)C(=O)NCC1CCN(C(=O)c2ccccc2F)CC1. The van der Waals surface area contributed by atoms with Crippen LogP contribution in [0, 0.1) is 11.7 Å². The molecule has 7 nitrogen and oxygen atoms in total. The van der Waals surface area contributed by atoms with E-state index in [0.29, 0.717) is 38.2 Å². The van der Waals surface area contributed by atoms with Crippen molar-refractivity contribution < 1.29 is 23.2 Å². The molecule has 3 rings (SSSR count). The Morgan fingerprint density at radius 2 is 1.75 bits per heavy atom. The Morgan fingerprint density at radius 3 is 2.43 bits per heavy atom. The fourth-order valence-corrected chi connectivity index (χ4v) is 3.12. The van der Waals surface area contributed by atoms with E-state index in [1.165, 1.54) is 18.4 Å². The number of rotatable bonds is 5. The summed E-state index contributed by atoms with van der Waals surface area (Å²) in [5.41, 5.74) is 0.0717. The van der Waals surface area contributed by atoms with E-state index in [-0.39, 0.29) is 23.9 Å². The van der Waals surface area contributed by atoms with Gasteiger partial charge in [-0.3, -0.25) is 14.4 Å². The smallest absolute Gasteiger partial charge is 0.309 e. The maximum absolute atomic E-state index is 13.8. The lowest BCUT2D eigenvalue weighted by atomic mass is 9.96. The molecule has 0 aliphatic carbocycles. The first-order valence-corrected chi connectivity index (χ1v) is 9.17. The summed E-state index contributed by atoms with van der Waals surface area (Å²) in [6.45, 7) is 1.47. The Balaban J connectivity index is 1.39. The van der Waals surface area contributed by atoms with E-state index in [0.717, 1.165) is 0 Å². The van der Waals surface area contributed by atoms with Crippen molar-refractivity contribution >= 4 is 17.7 Å². The molecule has 2 N–H and O–H groups in total. The van der Waals surface area contributed by atoms with Gasteiger partial charge in [0.15, 0.2) is 0 Å². The average molecular weight is 387 g/mol. The highest BCUT2D eigenvalue weighted by Gasteiger charge is 2.26. The number of furan rings is 1. The molecule has 0 radical (unpaired) electrons. The monoisotopic (exact) mass is 387 g/mol. The van der Waals surface area contributed by atoms with E-state index in [1.54, 1.807) is 29.2 Å². The number of carbonyl (C=O) groups excluding carboxylic acids is 3. The molecule has 2 aromatic rings. The third-order valence-electron chi connectivity index (χ3n) is 4.77. The number of likely N-dealkylation sites (tertiary alicyclic amines) is 1. The van der Waals surface area contributed by atoms with Gasteiger partial charge in [0, 0.05) is 19.6 Å². The normalized spacial score (nSPS) is 14.5. The highest BCUT2D eigenvalue weighted by molar-refractivity contribution is 6.35. The summed E-state index contributed by atoms with van der Waals surface area (Å²) in [6.07, 6.45) is 2.84. The van der Waals surface area contributed by atoms with Crippen molar-refractivity contribution in [2.75, 3.05) is 19.6 Å². The molecular formula is C20H22FN3O4. The van der Waals surface area contributed by atoms with E-state index < -0.39 is 17.6 Å². The van der Waals surface area contributed by atoms with Gasteiger partial charge in [0.2, 0.25) is 0 Å². The number of nitrogens with one attached hydrogen (secondary N) is 2. The van der Waals surface area contributed by atoms with Crippen molar-refractivity contribution in [2.24, 2.45) is 5.92 Å². The van der Waals surface area contributed by atoms with Crippen molar-refractivity contribution in [2.45, 2.75) is 19.4 Å². The zero-order chi connectivity index (χ0) is 19.9. The van der Waals surface area contributed by atoms with Gasteiger partial charge in [0.1, 0.15) is 11.6 Å². The number of benzene rings is 1. The van der Waals surface area contributed by atoms with Crippen molar-refractivity contribution in [3.63, 3.8) is 0 Å². The summed E-state index contributed by atoms with van der Waals surface area (Å²) < 4.78 is 18.9. The molecule has 1 aliphatic heterocycles. The van der Waals surface area contributed by atoms with Crippen molar-refractivity contribution in [1.29, 1.82) is 0 Å². The zero-order valence-electron chi connectivity index (χ0n) is 15.3. The second kappa shape index (κ2) is 9.16. The summed E-state index contributed by atoms with van der Waals surface area (Å²) in [4.78, 5) is 37.7. The molecule has 0 spiro atoms. The van der Waals surface area contributed by atoms with Gasteiger partial charge < -0.3 is 20.0 Å². The third kappa shape index (κ3) is 4.97. The summed E-state index contributed by atoms with van der Waals surface area (Å²) >= 11 is 0. The summed E-state index contributed by atoms with van der Waals surface area (Å²) in [5, 5.41) is 5.11. The molecule has 3 amide bonds. The fourth-order valence-electron chi connectivity index (χ4n) is 3.12. The minimum absolute atomic E-state index is 0.0717. The van der Waals surface area contributed by atoms with Gasteiger partial charge in [0.05, 0.1) is 18.4 Å². The molecule has 8 heteroatoms. The van der Waals surface area contributed by atoms with Crippen molar-refractivity contribution in [1.82, 2.24) is 15.5 Å². The minimum Gasteiger partial charge on any atom is -0.467 e. The highest BCUT2D eigenvalue weighted by atomic mass is 19.1. The van der Waals surface area contributed by atoms with Crippen LogP contribution in [0.25, 0.3) is 0 Å². The maximum Gasteiger partial charge on any atom is 0.309 e. The number of halogens is 1. The van der Waals surface area contributed by atoms with E-state index in [9.17, 15) is 18.8 Å². The van der Waals surface area contributed by atoms with Crippen LogP contribution in [0.5, 0.6) is 0 Å². The lowest BCUT2D eigenvalue weighted by molar-refractivity contribution is -0.139. The molecule has 148 valence electrons. The maximum atomic E-state index is 13.8. The summed E-state index contributed by atoms with van der Waals surface area (Å²) in [6, 6.07) is 9.33. The van der Waals surface area contributed by atoms with E-state index in [4.69, 9.17) is 4.42 Å². The quantitative estimate of drug-likeness (QED) is 0.764. The molecular weight excluding hydrogens is 365 g/mol. The van der Waals surface area contributed by atoms with Crippen LogP contribution in [-0.4, -0.2) is 42.3 Å². The van der Waals surface area contributed by atoms with E-state index in [2.05, 4.69) is 10.6 Å². The first-order valence-electron chi connectivity index (χ1n) is 9.17. The van der Waals surface area contributed by atoms with Crippen LogP contribution in [0.1, 0.15) is 29.0 Å². The van der Waals surface area contributed by atoms with Crippen LogP contribution in [0.3, 0.4) is 0 Å². The predicted octanol–water partition coefficient (Wildman–Crippen LogP) is 1.70. The molecule has 0 saturated carbocycles. The molecule has 1 fully saturated rings. The molecule has 28 heavy (non-hydrogen) atoms. The Kier molecular flexibility index (Phi) is 6.41. The van der Waals surface area contributed by atoms with Gasteiger partial charge in [0.25, 0.3) is 5.91 Å². The van der Waals surface area contributed by atoms with E-state index in [1.807, 2.05) is 0 Å². The van der Waals surface area contributed by atoms with Gasteiger partial charge >= 0.3 is 11.8 Å². The molecule has 0 unspecified atom stereocenters. The number of hydrogen-bond donors (Lipinski definition) is 2. The average Bonchev–Trinajstić information content (AvgIpc) is 3.24. The first-order chi connectivity index (χ1) is 13.5. The summed E-state index contributed by atoms with van der Waals surface area (Å²) in [5.74, 6) is -1.54. The van der Waals surface area contributed by atoms with Crippen molar-refractivity contribution in [3.8, 4) is 0 Å². The minimum atomic E-state index is -0.719. The van der Waals surface area contributed by atoms with Gasteiger partial charge in [-0.1, -0.05) is 12.1 Å². The molecule has 0 atom stereocenters. The standard InChI is InChI=1S/C20H22FN3O4/c21-17-6-2-1-5-16(17)20(27)24-9-7-14(8-10-24)12-22-18(25)19(26)23-13-15-4-3-11-28-15/h1-6,11,14H,7-10,12-13H2,(H,22,25)(H,23,26). The number of hydrogen-bond acceptors (Lipinski definition) is 4. The van der Waals surface area contributed by atoms with Crippen LogP contribution < -0.4 is 10.6 Å². The molecule has 0 bridgehead atoms. The molecule has 2 heterocycles. The third-order valence-corrected chi connectivity index (χ3v) is 4.77. The summed E-state index contributed by atoms with van der Waals surface area (Å²) in [7, 11) is 0. The van der Waals surface area contributed by atoms with Crippen LogP contribution in [0.4, 0.5) is 4.39 Å². The number of amides is 3. The highest BCUT2D eigenvalue weighted by Crippen LogP contribution is 2.19.